The van der Waals surface area contributed by atoms with E-state index in [4.69, 9.17) is 0 Å². The zero-order valence-corrected chi connectivity index (χ0v) is 11.5. The second-order valence-electron chi connectivity index (χ2n) is 4.12. The van der Waals surface area contributed by atoms with Crippen LogP contribution in [0.3, 0.4) is 0 Å². The smallest absolute Gasteiger partial charge is 0.199 e. The molecule has 19 heavy (non-hydrogen) atoms. The van der Waals surface area contributed by atoms with E-state index < -0.39 is 10.0 Å². The molecule has 2 rings (SSSR count). The van der Waals surface area contributed by atoms with Gasteiger partial charge >= 0.3 is 0 Å². The summed E-state index contributed by atoms with van der Waals surface area (Å²) in [4.78, 5) is 0.219. The molecule has 0 bridgehead atoms. The number of hydrogen-bond acceptors (Lipinski definition) is 2. The number of sulfonamides is 1. The molecule has 3 nitrogen and oxygen atoms in total. The third-order valence-corrected chi connectivity index (χ3v) is 4.02. The van der Waals surface area contributed by atoms with Crippen LogP contribution in [-0.2, 0) is 16.4 Å². The summed E-state index contributed by atoms with van der Waals surface area (Å²) in [7, 11) is -3.61. The van der Waals surface area contributed by atoms with Gasteiger partial charge in [-0.25, -0.2) is 0 Å². The Morgan fingerprint density at radius 2 is 1.63 bits per heavy atom. The Morgan fingerprint density at radius 1 is 1.00 bits per heavy atom. The Morgan fingerprint density at radius 3 is 2.21 bits per heavy atom. The third-order valence-electron chi connectivity index (χ3n) is 2.77. The molecule has 2 aromatic rings. The SMILES string of the molecule is CCc1ccc(S(=O)(=O)N=Cc2ccccc2)cc1. The Bertz CT molecular complexity index is 659. The van der Waals surface area contributed by atoms with Gasteiger partial charge in [-0.15, -0.1) is 0 Å². The van der Waals surface area contributed by atoms with E-state index in [0.717, 1.165) is 17.5 Å². The molecule has 0 N–H and O–H groups in total. The number of nitrogens with zero attached hydrogens (tertiary/aromatic N) is 1. The predicted octanol–water partition coefficient (Wildman–Crippen LogP) is 3.06. The quantitative estimate of drug-likeness (QED) is 0.804. The highest BCUT2D eigenvalue weighted by atomic mass is 32.2. The van der Waals surface area contributed by atoms with Gasteiger partial charge in [-0.2, -0.15) is 12.8 Å². The lowest BCUT2D eigenvalue weighted by Crippen LogP contribution is -1.98. The minimum Gasteiger partial charge on any atom is -0.199 e. The van der Waals surface area contributed by atoms with Crippen molar-refractivity contribution in [1.29, 1.82) is 0 Å². The van der Waals surface area contributed by atoms with Crippen LogP contribution >= 0.6 is 0 Å². The molecule has 2 aromatic carbocycles. The minimum absolute atomic E-state index is 0.219. The molecule has 0 aliphatic carbocycles. The fourth-order valence-electron chi connectivity index (χ4n) is 1.63. The zero-order valence-electron chi connectivity index (χ0n) is 10.7. The van der Waals surface area contributed by atoms with Gasteiger partial charge in [0.05, 0.1) is 4.90 Å². The second kappa shape index (κ2) is 5.80. The summed E-state index contributed by atoms with van der Waals surface area (Å²) in [5, 5.41) is 0. The number of hydrogen-bond donors (Lipinski definition) is 0. The summed E-state index contributed by atoms with van der Waals surface area (Å²) in [6.07, 6.45) is 2.25. The van der Waals surface area contributed by atoms with Crippen molar-refractivity contribution in [2.24, 2.45) is 4.40 Å². The average Bonchev–Trinajstić information content (AvgIpc) is 2.46. The molecule has 0 saturated heterocycles. The fraction of sp³-hybridized carbons (Fsp3) is 0.133. The highest BCUT2D eigenvalue weighted by Crippen LogP contribution is 2.13. The van der Waals surface area contributed by atoms with Crippen LogP contribution in [0.1, 0.15) is 18.1 Å². The van der Waals surface area contributed by atoms with Gasteiger partial charge in [0.15, 0.2) is 0 Å². The highest BCUT2D eigenvalue weighted by Gasteiger charge is 2.10. The van der Waals surface area contributed by atoms with E-state index in [2.05, 4.69) is 4.40 Å². The van der Waals surface area contributed by atoms with Crippen molar-refractivity contribution in [2.45, 2.75) is 18.2 Å². The topological polar surface area (TPSA) is 46.5 Å². The first-order valence-electron chi connectivity index (χ1n) is 6.06. The zero-order chi connectivity index (χ0) is 13.7. The first-order valence-corrected chi connectivity index (χ1v) is 7.50. The number of aryl methyl sites for hydroxylation is 1. The number of rotatable bonds is 4. The Balaban J connectivity index is 2.25. The summed E-state index contributed by atoms with van der Waals surface area (Å²) < 4.78 is 27.7. The monoisotopic (exact) mass is 273 g/mol. The lowest BCUT2D eigenvalue weighted by molar-refractivity contribution is 0.598. The first-order chi connectivity index (χ1) is 9.12. The molecule has 0 aliphatic heterocycles. The van der Waals surface area contributed by atoms with Crippen LogP contribution in [0.2, 0.25) is 0 Å². The van der Waals surface area contributed by atoms with E-state index in [0.29, 0.717) is 0 Å². The maximum absolute atomic E-state index is 12.0. The van der Waals surface area contributed by atoms with Crippen molar-refractivity contribution in [2.75, 3.05) is 0 Å². The van der Waals surface area contributed by atoms with E-state index in [9.17, 15) is 8.42 Å². The molecule has 0 heterocycles. The van der Waals surface area contributed by atoms with Crippen molar-refractivity contribution in [3.05, 3.63) is 65.7 Å². The standard InChI is InChI=1S/C15H15NO2S/c1-2-13-8-10-15(11-9-13)19(17,18)16-12-14-6-4-3-5-7-14/h3-12H,2H2,1H3. The molecular weight excluding hydrogens is 258 g/mol. The third kappa shape index (κ3) is 3.51. The van der Waals surface area contributed by atoms with Crippen molar-refractivity contribution in [3.8, 4) is 0 Å². The molecule has 0 saturated carbocycles. The van der Waals surface area contributed by atoms with Crippen LogP contribution in [0, 0.1) is 0 Å². The van der Waals surface area contributed by atoms with Crippen LogP contribution in [0.15, 0.2) is 63.9 Å². The molecule has 98 valence electrons. The normalized spacial score (nSPS) is 11.8. The maximum atomic E-state index is 12.0. The van der Waals surface area contributed by atoms with Gasteiger partial charge in [-0.3, -0.25) is 0 Å². The van der Waals surface area contributed by atoms with E-state index >= 15 is 0 Å². The summed E-state index contributed by atoms with van der Waals surface area (Å²) >= 11 is 0. The van der Waals surface area contributed by atoms with E-state index in [-0.39, 0.29) is 4.90 Å². The molecule has 0 atom stereocenters. The van der Waals surface area contributed by atoms with Crippen LogP contribution in [0.4, 0.5) is 0 Å². The lowest BCUT2D eigenvalue weighted by Gasteiger charge is -2.00. The maximum Gasteiger partial charge on any atom is 0.282 e. The van der Waals surface area contributed by atoms with E-state index in [1.807, 2.05) is 37.3 Å². The van der Waals surface area contributed by atoms with Crippen molar-refractivity contribution < 1.29 is 8.42 Å². The van der Waals surface area contributed by atoms with E-state index in [1.54, 1.807) is 24.3 Å². The molecule has 0 amide bonds. The Hall–Kier alpha value is -1.94. The van der Waals surface area contributed by atoms with Crippen LogP contribution in [0.25, 0.3) is 0 Å². The first kappa shape index (κ1) is 13.5. The van der Waals surface area contributed by atoms with E-state index in [1.165, 1.54) is 6.21 Å². The van der Waals surface area contributed by atoms with Crippen molar-refractivity contribution in [1.82, 2.24) is 0 Å². The van der Waals surface area contributed by atoms with Gasteiger partial charge < -0.3 is 0 Å². The summed E-state index contributed by atoms with van der Waals surface area (Å²) in [5.41, 5.74) is 1.86. The number of benzene rings is 2. The van der Waals surface area contributed by atoms with Gasteiger partial charge in [0.1, 0.15) is 0 Å². The molecule has 0 aromatic heterocycles. The molecule has 0 unspecified atom stereocenters. The van der Waals surface area contributed by atoms with Gasteiger partial charge in [-0.05, 0) is 29.7 Å². The molecule has 0 fully saturated rings. The average molecular weight is 273 g/mol. The van der Waals surface area contributed by atoms with Crippen LogP contribution < -0.4 is 0 Å². The Kier molecular flexibility index (Phi) is 4.12. The molecule has 0 aliphatic rings. The van der Waals surface area contributed by atoms with Gasteiger partial charge in [0, 0.05) is 6.21 Å². The molecular formula is C15H15NO2S. The fourth-order valence-corrected chi connectivity index (χ4v) is 2.49. The Labute approximate surface area is 113 Å². The molecule has 4 heteroatoms. The molecule has 0 spiro atoms. The highest BCUT2D eigenvalue weighted by molar-refractivity contribution is 7.90. The minimum atomic E-state index is -3.61. The summed E-state index contributed by atoms with van der Waals surface area (Å²) in [6, 6.07) is 16.0. The van der Waals surface area contributed by atoms with Crippen molar-refractivity contribution >= 4 is 16.2 Å². The van der Waals surface area contributed by atoms with Crippen molar-refractivity contribution in [3.63, 3.8) is 0 Å². The summed E-state index contributed by atoms with van der Waals surface area (Å²) in [5.74, 6) is 0. The largest absolute Gasteiger partial charge is 0.282 e. The predicted molar refractivity (Wildman–Crippen MR) is 77.0 cm³/mol. The van der Waals surface area contributed by atoms with Crippen LogP contribution in [-0.4, -0.2) is 14.6 Å². The summed E-state index contributed by atoms with van der Waals surface area (Å²) in [6.45, 7) is 2.02. The second-order valence-corrected chi connectivity index (χ2v) is 5.75. The van der Waals surface area contributed by atoms with Gasteiger partial charge in [0.25, 0.3) is 10.0 Å². The lowest BCUT2D eigenvalue weighted by atomic mass is 10.2. The van der Waals surface area contributed by atoms with Gasteiger partial charge in [-0.1, -0.05) is 49.4 Å². The molecule has 0 radical (unpaired) electrons. The van der Waals surface area contributed by atoms with Gasteiger partial charge in [0.2, 0.25) is 0 Å². The van der Waals surface area contributed by atoms with Crippen LogP contribution in [0.5, 0.6) is 0 Å².